The van der Waals surface area contributed by atoms with Crippen LogP contribution in [0.25, 0.3) is 10.8 Å². The molecule has 3 nitrogen and oxygen atoms in total. The monoisotopic (exact) mass is 411 g/mol. The van der Waals surface area contributed by atoms with Crippen molar-refractivity contribution in [3.8, 4) is 0 Å². The topological polar surface area (TPSA) is 35.5 Å². The molecule has 29 heavy (non-hydrogen) atoms. The standard InChI is InChI=1S/C25H35O3Si/c1-25(2,3)22(21-17-16-19-12-10-11-13-20(19)18-21)14-8-7-9-15-23(24(26)27-4)28-29(5)6/h10-13,15-18,22H,7-9,14H2,1-6H3. The van der Waals surface area contributed by atoms with Crippen molar-refractivity contribution < 1.29 is 14.0 Å². The maximum atomic E-state index is 11.8. The van der Waals surface area contributed by atoms with Gasteiger partial charge in [0.25, 0.3) is 9.04 Å². The lowest BCUT2D eigenvalue weighted by molar-refractivity contribution is -0.138. The third kappa shape index (κ3) is 7.04. The highest BCUT2D eigenvalue weighted by Gasteiger charge is 2.26. The van der Waals surface area contributed by atoms with Crippen LogP contribution in [-0.2, 0) is 14.0 Å². The molecule has 0 bridgehead atoms. The number of carbonyl (C=O) groups excluding carboxylic acids is 1. The van der Waals surface area contributed by atoms with Gasteiger partial charge in [0, 0.05) is 0 Å². The molecule has 0 amide bonds. The minimum atomic E-state index is -0.985. The highest BCUT2D eigenvalue weighted by molar-refractivity contribution is 6.49. The second kappa shape index (κ2) is 10.6. The van der Waals surface area contributed by atoms with Crippen molar-refractivity contribution in [1.29, 1.82) is 0 Å². The number of esters is 1. The Labute approximate surface area is 177 Å². The first kappa shape index (κ1) is 23.2. The molecule has 0 fully saturated rings. The smallest absolute Gasteiger partial charge is 0.371 e. The molecular formula is C25H35O3Si. The van der Waals surface area contributed by atoms with Gasteiger partial charge in [-0.25, -0.2) is 4.79 Å². The van der Waals surface area contributed by atoms with Gasteiger partial charge in [0.2, 0.25) is 0 Å². The van der Waals surface area contributed by atoms with Crippen LogP contribution >= 0.6 is 0 Å². The van der Waals surface area contributed by atoms with Crippen LogP contribution in [0, 0.1) is 5.41 Å². The van der Waals surface area contributed by atoms with Crippen molar-refractivity contribution in [2.75, 3.05) is 7.11 Å². The Morgan fingerprint density at radius 3 is 2.38 bits per heavy atom. The summed E-state index contributed by atoms with van der Waals surface area (Å²) in [7, 11) is 0.413. The van der Waals surface area contributed by atoms with Crippen molar-refractivity contribution in [2.45, 2.75) is 65.5 Å². The Morgan fingerprint density at radius 1 is 1.07 bits per heavy atom. The van der Waals surface area contributed by atoms with Crippen LogP contribution in [0.1, 0.15) is 57.9 Å². The van der Waals surface area contributed by atoms with E-state index in [1.165, 1.54) is 23.4 Å². The number of rotatable bonds is 9. The van der Waals surface area contributed by atoms with Crippen molar-refractivity contribution in [2.24, 2.45) is 5.41 Å². The van der Waals surface area contributed by atoms with E-state index in [1.807, 2.05) is 19.2 Å². The normalized spacial score (nSPS) is 13.6. The van der Waals surface area contributed by atoms with E-state index in [4.69, 9.17) is 9.16 Å². The van der Waals surface area contributed by atoms with Gasteiger partial charge in [-0.1, -0.05) is 69.7 Å². The number of unbranched alkanes of at least 4 members (excludes halogenated alkanes) is 2. The lowest BCUT2D eigenvalue weighted by atomic mass is 9.73. The number of ether oxygens (including phenoxy) is 1. The molecule has 1 unspecified atom stereocenters. The molecule has 1 radical (unpaired) electrons. The molecular weight excluding hydrogens is 376 g/mol. The third-order valence-corrected chi connectivity index (χ3v) is 5.83. The summed E-state index contributed by atoms with van der Waals surface area (Å²) in [5.41, 5.74) is 1.61. The van der Waals surface area contributed by atoms with Gasteiger partial charge in [-0.15, -0.1) is 0 Å². The molecule has 4 heteroatoms. The molecule has 0 saturated carbocycles. The molecule has 2 aromatic carbocycles. The summed E-state index contributed by atoms with van der Waals surface area (Å²) in [5.74, 6) is 0.488. The van der Waals surface area contributed by atoms with Crippen molar-refractivity contribution in [1.82, 2.24) is 0 Å². The number of hydrogen-bond acceptors (Lipinski definition) is 3. The van der Waals surface area contributed by atoms with Gasteiger partial charge in [0.15, 0.2) is 5.76 Å². The molecule has 0 saturated heterocycles. The largest absolute Gasteiger partial charge is 0.538 e. The maximum absolute atomic E-state index is 11.8. The highest BCUT2D eigenvalue weighted by atomic mass is 28.3. The summed E-state index contributed by atoms with van der Waals surface area (Å²) in [4.78, 5) is 11.8. The maximum Gasteiger partial charge on any atom is 0.371 e. The molecule has 0 aromatic heterocycles. The van der Waals surface area contributed by atoms with E-state index < -0.39 is 9.04 Å². The van der Waals surface area contributed by atoms with Crippen LogP contribution in [0.3, 0.4) is 0 Å². The number of carbonyl (C=O) groups is 1. The summed E-state index contributed by atoms with van der Waals surface area (Å²) < 4.78 is 10.5. The molecule has 0 aliphatic rings. The van der Waals surface area contributed by atoms with E-state index >= 15 is 0 Å². The summed E-state index contributed by atoms with van der Waals surface area (Å²) >= 11 is 0. The zero-order valence-electron chi connectivity index (χ0n) is 18.7. The third-order valence-electron chi connectivity index (χ3n) is 5.20. The molecule has 0 aliphatic heterocycles. The first-order valence-corrected chi connectivity index (χ1v) is 12.9. The van der Waals surface area contributed by atoms with Gasteiger partial charge < -0.3 is 9.16 Å². The molecule has 2 aromatic rings. The summed E-state index contributed by atoms with van der Waals surface area (Å²) in [6, 6.07) is 15.4. The molecule has 0 aliphatic carbocycles. The van der Waals surface area contributed by atoms with Crippen LogP contribution in [0.15, 0.2) is 54.3 Å². The molecule has 0 N–H and O–H groups in total. The van der Waals surface area contributed by atoms with Gasteiger partial charge in [0.1, 0.15) is 0 Å². The molecule has 2 rings (SSSR count). The second-order valence-electron chi connectivity index (χ2n) is 8.88. The average molecular weight is 412 g/mol. The van der Waals surface area contributed by atoms with Gasteiger partial charge >= 0.3 is 5.97 Å². The second-order valence-corrected chi connectivity index (χ2v) is 10.9. The first-order valence-electron chi connectivity index (χ1n) is 10.5. The highest BCUT2D eigenvalue weighted by Crippen LogP contribution is 2.40. The van der Waals surface area contributed by atoms with Crippen LogP contribution < -0.4 is 0 Å². The van der Waals surface area contributed by atoms with Crippen LogP contribution in [-0.4, -0.2) is 22.1 Å². The fourth-order valence-corrected chi connectivity index (χ4v) is 4.34. The summed E-state index contributed by atoms with van der Waals surface area (Å²) in [5, 5.41) is 2.59. The Kier molecular flexibility index (Phi) is 8.51. The van der Waals surface area contributed by atoms with E-state index in [9.17, 15) is 4.79 Å². The zero-order chi connectivity index (χ0) is 21.4. The summed E-state index contributed by atoms with van der Waals surface area (Å²) in [6.45, 7) is 11.0. The molecule has 0 heterocycles. The van der Waals surface area contributed by atoms with Crippen molar-refractivity contribution in [3.05, 3.63) is 59.9 Å². The Bertz CT molecular complexity index is 833. The molecule has 0 spiro atoms. The van der Waals surface area contributed by atoms with Gasteiger partial charge in [-0.05, 0) is 66.1 Å². The predicted molar refractivity (Wildman–Crippen MR) is 123 cm³/mol. The predicted octanol–water partition coefficient (Wildman–Crippen LogP) is 6.85. The first-order chi connectivity index (χ1) is 13.7. The Balaban J connectivity index is 2.02. The Hall–Kier alpha value is -2.07. The Morgan fingerprint density at radius 2 is 1.76 bits per heavy atom. The minimum Gasteiger partial charge on any atom is -0.538 e. The van der Waals surface area contributed by atoms with E-state index in [0.717, 1.165) is 25.7 Å². The molecule has 157 valence electrons. The van der Waals surface area contributed by atoms with Gasteiger partial charge in [0.05, 0.1) is 7.11 Å². The van der Waals surface area contributed by atoms with E-state index in [-0.39, 0.29) is 11.4 Å². The quantitative estimate of drug-likeness (QED) is 0.149. The summed E-state index contributed by atoms with van der Waals surface area (Å²) in [6.07, 6.45) is 5.98. The van der Waals surface area contributed by atoms with Crippen LogP contribution in [0.4, 0.5) is 0 Å². The van der Waals surface area contributed by atoms with E-state index in [2.05, 4.69) is 63.2 Å². The zero-order valence-corrected chi connectivity index (χ0v) is 19.7. The van der Waals surface area contributed by atoms with Gasteiger partial charge in [-0.3, -0.25) is 0 Å². The van der Waals surface area contributed by atoms with Gasteiger partial charge in [-0.2, -0.15) is 0 Å². The number of benzene rings is 2. The molecule has 1 atom stereocenters. The van der Waals surface area contributed by atoms with Crippen molar-refractivity contribution >= 4 is 25.8 Å². The average Bonchev–Trinajstić information content (AvgIpc) is 2.67. The lowest BCUT2D eigenvalue weighted by Crippen LogP contribution is -2.18. The van der Waals surface area contributed by atoms with E-state index in [0.29, 0.717) is 11.7 Å². The fourth-order valence-electron chi connectivity index (χ4n) is 3.74. The minimum absolute atomic E-state index is 0.195. The lowest BCUT2D eigenvalue weighted by Gasteiger charge is -2.31. The number of fused-ring (bicyclic) bond motifs is 1. The van der Waals surface area contributed by atoms with E-state index in [1.54, 1.807) is 0 Å². The number of hydrogen-bond donors (Lipinski definition) is 0. The fraction of sp³-hybridized carbons (Fsp3) is 0.480. The van der Waals surface area contributed by atoms with Crippen molar-refractivity contribution in [3.63, 3.8) is 0 Å². The number of methoxy groups -OCH3 is 1. The number of allylic oxidation sites excluding steroid dienone is 1. The SMILES string of the molecule is COC(=O)C(=CCCCCC(c1ccc2ccccc2c1)C(C)(C)C)O[Si](C)C. The van der Waals surface area contributed by atoms with Crippen LogP contribution in [0.5, 0.6) is 0 Å². The van der Waals surface area contributed by atoms with Crippen LogP contribution in [0.2, 0.25) is 13.1 Å².